The van der Waals surface area contributed by atoms with Crippen LogP contribution in [0.3, 0.4) is 0 Å². The standard InChI is InChI=1S/C17H16ClN3O3/c1-10-15-13(18)8-14(17(22)24-3)19-16(15)21(20-10)9-11-4-6-12(23-2)7-5-11/h4-8H,9H2,1-3H3. The number of esters is 1. The van der Waals surface area contributed by atoms with Crippen molar-refractivity contribution < 1.29 is 14.3 Å². The number of pyridine rings is 1. The van der Waals surface area contributed by atoms with Gasteiger partial charge in [-0.05, 0) is 30.7 Å². The van der Waals surface area contributed by atoms with E-state index in [2.05, 4.69) is 10.1 Å². The zero-order chi connectivity index (χ0) is 17.3. The first-order chi connectivity index (χ1) is 11.5. The zero-order valence-electron chi connectivity index (χ0n) is 13.5. The number of hydrogen-bond donors (Lipinski definition) is 0. The quantitative estimate of drug-likeness (QED) is 0.679. The Kier molecular flexibility index (Phi) is 4.40. The summed E-state index contributed by atoms with van der Waals surface area (Å²) in [6.07, 6.45) is 0. The van der Waals surface area contributed by atoms with Gasteiger partial charge >= 0.3 is 5.97 Å². The number of halogens is 1. The van der Waals surface area contributed by atoms with Crippen LogP contribution in [0.15, 0.2) is 30.3 Å². The van der Waals surface area contributed by atoms with Gasteiger partial charge in [0.1, 0.15) is 5.75 Å². The van der Waals surface area contributed by atoms with Crippen LogP contribution >= 0.6 is 11.6 Å². The third kappa shape index (κ3) is 2.92. The number of methoxy groups -OCH3 is 2. The summed E-state index contributed by atoms with van der Waals surface area (Å²) in [5.74, 6) is 0.253. The number of aryl methyl sites for hydroxylation is 1. The minimum absolute atomic E-state index is 0.158. The van der Waals surface area contributed by atoms with Gasteiger partial charge in [-0.1, -0.05) is 23.7 Å². The van der Waals surface area contributed by atoms with Gasteiger partial charge in [0.15, 0.2) is 11.3 Å². The summed E-state index contributed by atoms with van der Waals surface area (Å²) in [6, 6.07) is 9.17. The Bertz CT molecular complexity index is 904. The van der Waals surface area contributed by atoms with Gasteiger partial charge in [-0.15, -0.1) is 0 Å². The summed E-state index contributed by atoms with van der Waals surface area (Å²) in [5.41, 5.74) is 2.50. The minimum atomic E-state index is -0.534. The molecule has 0 saturated carbocycles. The molecule has 0 aliphatic rings. The van der Waals surface area contributed by atoms with Crippen molar-refractivity contribution in [1.29, 1.82) is 0 Å². The molecule has 0 aliphatic heterocycles. The number of benzene rings is 1. The van der Waals surface area contributed by atoms with E-state index in [1.54, 1.807) is 11.8 Å². The Morgan fingerprint density at radius 2 is 1.96 bits per heavy atom. The Labute approximate surface area is 144 Å². The van der Waals surface area contributed by atoms with Crippen molar-refractivity contribution in [3.05, 3.63) is 52.3 Å². The van der Waals surface area contributed by atoms with Gasteiger partial charge < -0.3 is 9.47 Å². The number of nitrogens with zero attached hydrogens (tertiary/aromatic N) is 3. The van der Waals surface area contributed by atoms with Crippen LogP contribution in [0.5, 0.6) is 5.75 Å². The van der Waals surface area contributed by atoms with Crippen molar-refractivity contribution in [2.45, 2.75) is 13.5 Å². The van der Waals surface area contributed by atoms with Gasteiger partial charge in [-0.3, -0.25) is 0 Å². The van der Waals surface area contributed by atoms with Crippen molar-refractivity contribution in [1.82, 2.24) is 14.8 Å². The molecule has 0 bridgehead atoms. The lowest BCUT2D eigenvalue weighted by atomic mass is 10.2. The molecule has 124 valence electrons. The first-order valence-corrected chi connectivity index (χ1v) is 7.66. The van der Waals surface area contributed by atoms with Crippen molar-refractivity contribution >= 4 is 28.6 Å². The second kappa shape index (κ2) is 6.49. The van der Waals surface area contributed by atoms with E-state index in [-0.39, 0.29) is 5.69 Å². The number of rotatable bonds is 4. The Hall–Kier alpha value is -2.60. The second-order valence-corrected chi connectivity index (χ2v) is 5.68. The van der Waals surface area contributed by atoms with Crippen molar-refractivity contribution in [2.75, 3.05) is 14.2 Å². The SMILES string of the molecule is COC(=O)c1cc(Cl)c2c(C)nn(Cc3ccc(OC)cc3)c2n1. The summed E-state index contributed by atoms with van der Waals surface area (Å²) in [7, 11) is 2.93. The topological polar surface area (TPSA) is 66.2 Å². The predicted molar refractivity (Wildman–Crippen MR) is 90.7 cm³/mol. The molecule has 0 radical (unpaired) electrons. The fourth-order valence-electron chi connectivity index (χ4n) is 2.52. The Morgan fingerprint density at radius 1 is 1.25 bits per heavy atom. The van der Waals surface area contributed by atoms with E-state index >= 15 is 0 Å². The molecule has 0 atom stereocenters. The lowest BCUT2D eigenvalue weighted by Gasteiger charge is -2.06. The van der Waals surface area contributed by atoms with E-state index in [0.717, 1.165) is 22.4 Å². The van der Waals surface area contributed by atoms with E-state index in [1.807, 2.05) is 31.2 Å². The highest BCUT2D eigenvalue weighted by Gasteiger charge is 2.17. The Morgan fingerprint density at radius 3 is 2.58 bits per heavy atom. The third-order valence-electron chi connectivity index (χ3n) is 3.72. The molecule has 0 N–H and O–H groups in total. The summed E-state index contributed by atoms with van der Waals surface area (Å²) < 4.78 is 11.6. The second-order valence-electron chi connectivity index (χ2n) is 5.27. The summed E-state index contributed by atoms with van der Waals surface area (Å²) >= 11 is 6.31. The van der Waals surface area contributed by atoms with Crippen LogP contribution in [0.4, 0.5) is 0 Å². The van der Waals surface area contributed by atoms with Crippen molar-refractivity contribution in [2.24, 2.45) is 0 Å². The van der Waals surface area contributed by atoms with Crippen molar-refractivity contribution in [3.63, 3.8) is 0 Å². The van der Waals surface area contributed by atoms with E-state index in [9.17, 15) is 4.79 Å². The highest BCUT2D eigenvalue weighted by atomic mass is 35.5. The Balaban J connectivity index is 2.06. The van der Waals surface area contributed by atoms with Crippen LogP contribution in [0.2, 0.25) is 5.02 Å². The van der Waals surface area contributed by atoms with E-state index in [0.29, 0.717) is 17.2 Å². The number of ether oxygens (including phenoxy) is 2. The predicted octanol–water partition coefficient (Wildman–Crippen LogP) is 3.24. The molecular formula is C17H16ClN3O3. The van der Waals surface area contributed by atoms with Crippen LogP contribution in [0.25, 0.3) is 11.0 Å². The molecule has 3 rings (SSSR count). The molecule has 3 aromatic rings. The van der Waals surface area contributed by atoms with Crippen LogP contribution < -0.4 is 4.74 Å². The van der Waals surface area contributed by atoms with Crippen molar-refractivity contribution in [3.8, 4) is 5.75 Å². The van der Waals surface area contributed by atoms with Crippen LogP contribution in [0.1, 0.15) is 21.7 Å². The van der Waals surface area contributed by atoms with Crippen LogP contribution in [-0.4, -0.2) is 35.0 Å². The molecule has 24 heavy (non-hydrogen) atoms. The van der Waals surface area contributed by atoms with E-state index < -0.39 is 5.97 Å². The number of aromatic nitrogens is 3. The number of fused-ring (bicyclic) bond motifs is 1. The highest BCUT2D eigenvalue weighted by Crippen LogP contribution is 2.27. The highest BCUT2D eigenvalue weighted by molar-refractivity contribution is 6.35. The smallest absolute Gasteiger partial charge is 0.356 e. The molecule has 0 fully saturated rings. The van der Waals surface area contributed by atoms with Gasteiger partial charge in [-0.25, -0.2) is 14.5 Å². The van der Waals surface area contributed by atoms with Crippen LogP contribution in [0, 0.1) is 6.92 Å². The molecule has 0 aliphatic carbocycles. The van der Waals surface area contributed by atoms with Gasteiger partial charge in [0, 0.05) is 0 Å². The van der Waals surface area contributed by atoms with E-state index in [4.69, 9.17) is 21.1 Å². The monoisotopic (exact) mass is 345 g/mol. The molecule has 6 nitrogen and oxygen atoms in total. The number of carbonyl (C=O) groups is 1. The van der Waals surface area contributed by atoms with Crippen LogP contribution in [-0.2, 0) is 11.3 Å². The van der Waals surface area contributed by atoms with E-state index in [1.165, 1.54) is 13.2 Å². The lowest BCUT2D eigenvalue weighted by Crippen LogP contribution is -2.07. The van der Waals surface area contributed by atoms with Gasteiger partial charge in [0.25, 0.3) is 0 Å². The maximum absolute atomic E-state index is 11.8. The van der Waals surface area contributed by atoms with Gasteiger partial charge in [-0.2, -0.15) is 5.10 Å². The summed E-state index contributed by atoms with van der Waals surface area (Å²) in [6.45, 7) is 2.36. The molecular weight excluding hydrogens is 330 g/mol. The van der Waals surface area contributed by atoms with Gasteiger partial charge in [0.05, 0.1) is 36.9 Å². The molecule has 2 heterocycles. The fraction of sp³-hybridized carbons (Fsp3) is 0.235. The molecule has 0 saturated heterocycles. The molecule has 2 aromatic heterocycles. The number of carbonyl (C=O) groups excluding carboxylic acids is 1. The first-order valence-electron chi connectivity index (χ1n) is 7.28. The minimum Gasteiger partial charge on any atom is -0.497 e. The fourth-order valence-corrected chi connectivity index (χ4v) is 2.85. The molecule has 0 amide bonds. The molecule has 1 aromatic carbocycles. The molecule has 0 spiro atoms. The first kappa shape index (κ1) is 16.3. The van der Waals surface area contributed by atoms with Gasteiger partial charge in [0.2, 0.25) is 0 Å². The summed E-state index contributed by atoms with van der Waals surface area (Å²) in [5, 5.41) is 5.66. The number of hydrogen-bond acceptors (Lipinski definition) is 5. The lowest BCUT2D eigenvalue weighted by molar-refractivity contribution is 0.0594. The largest absolute Gasteiger partial charge is 0.497 e. The maximum atomic E-state index is 11.8. The average molecular weight is 346 g/mol. The maximum Gasteiger partial charge on any atom is 0.356 e. The average Bonchev–Trinajstić information content (AvgIpc) is 2.91. The normalized spacial score (nSPS) is 10.8. The summed E-state index contributed by atoms with van der Waals surface area (Å²) in [4.78, 5) is 16.1. The zero-order valence-corrected chi connectivity index (χ0v) is 14.3. The molecule has 0 unspecified atom stereocenters. The third-order valence-corrected chi connectivity index (χ3v) is 4.01. The molecule has 7 heteroatoms.